The molecule has 0 radical (unpaired) electrons. The largest absolute Gasteiger partial charge is 0.491 e. The van der Waals surface area contributed by atoms with E-state index in [1.807, 2.05) is 36.4 Å². The van der Waals surface area contributed by atoms with E-state index in [4.69, 9.17) is 40.9 Å². The van der Waals surface area contributed by atoms with Gasteiger partial charge in [-0.15, -0.1) is 0 Å². The summed E-state index contributed by atoms with van der Waals surface area (Å²) in [7, 11) is 0. The Morgan fingerprint density at radius 2 is 1.61 bits per heavy atom. The van der Waals surface area contributed by atoms with Crippen LogP contribution in [-0.2, 0) is 26.3 Å². The van der Waals surface area contributed by atoms with Crippen molar-refractivity contribution in [2.45, 2.75) is 32.7 Å². The molecule has 0 aliphatic rings. The fourth-order valence-corrected chi connectivity index (χ4v) is 2.67. The Balaban J connectivity index is 0.000000703. The third-order valence-electron chi connectivity index (χ3n) is 4.01. The lowest BCUT2D eigenvalue weighted by Gasteiger charge is -2.23. The molecule has 8 heteroatoms. The van der Waals surface area contributed by atoms with Gasteiger partial charge in [-0.25, -0.2) is 9.59 Å². The fraction of sp³-hybridized carbons (Fsp3) is 0.391. The third kappa shape index (κ3) is 11.4. The lowest BCUT2D eigenvalue weighted by Crippen LogP contribution is -2.21. The van der Waals surface area contributed by atoms with Crippen LogP contribution >= 0.6 is 11.6 Å². The summed E-state index contributed by atoms with van der Waals surface area (Å²) in [4.78, 5) is 18.2. The van der Waals surface area contributed by atoms with E-state index in [-0.39, 0.29) is 5.41 Å². The van der Waals surface area contributed by atoms with E-state index in [0.29, 0.717) is 19.8 Å². The first-order valence-electron chi connectivity index (χ1n) is 9.82. The number of hydrogen-bond acceptors (Lipinski definition) is 5. The van der Waals surface area contributed by atoms with Crippen LogP contribution in [0.1, 0.15) is 31.9 Å². The van der Waals surface area contributed by atoms with Crippen LogP contribution in [-0.4, -0.2) is 48.5 Å². The van der Waals surface area contributed by atoms with Gasteiger partial charge in [-0.2, -0.15) is 0 Å². The summed E-state index contributed by atoms with van der Waals surface area (Å²) in [6.07, 6.45) is 0. The molecule has 0 amide bonds. The molecule has 0 aliphatic carbocycles. The summed E-state index contributed by atoms with van der Waals surface area (Å²) in [5.41, 5.74) is 2.38. The van der Waals surface area contributed by atoms with E-state index in [9.17, 15) is 0 Å². The van der Waals surface area contributed by atoms with E-state index in [0.717, 1.165) is 29.4 Å². The molecule has 2 aromatic rings. The van der Waals surface area contributed by atoms with Crippen molar-refractivity contribution in [3.8, 4) is 5.75 Å². The van der Waals surface area contributed by atoms with Crippen molar-refractivity contribution in [3.05, 3.63) is 64.7 Å². The Hall–Kier alpha value is -2.61. The summed E-state index contributed by atoms with van der Waals surface area (Å²) in [5, 5.41) is 18.9. The summed E-state index contributed by atoms with van der Waals surface area (Å²) in [6.45, 7) is 9.91. The topological polar surface area (TPSA) is 105 Å². The first kappa shape index (κ1) is 26.4. The van der Waals surface area contributed by atoms with Crippen molar-refractivity contribution >= 4 is 23.5 Å². The quantitative estimate of drug-likeness (QED) is 0.391. The highest BCUT2D eigenvalue weighted by Crippen LogP contribution is 2.33. The van der Waals surface area contributed by atoms with Crippen molar-refractivity contribution in [1.29, 1.82) is 0 Å². The van der Waals surface area contributed by atoms with Crippen LogP contribution in [0.4, 0.5) is 0 Å². The van der Waals surface area contributed by atoms with Gasteiger partial charge in [-0.1, -0.05) is 62.7 Å². The number of carboxylic acids is 2. The zero-order chi connectivity index (χ0) is 23.3. The molecule has 0 saturated carbocycles. The molecule has 0 spiro atoms. The molecule has 170 valence electrons. The smallest absolute Gasteiger partial charge is 0.414 e. The molecule has 0 aliphatic heterocycles. The van der Waals surface area contributed by atoms with Crippen LogP contribution in [0.25, 0.3) is 0 Å². The molecule has 2 aromatic carbocycles. The second-order valence-corrected chi connectivity index (χ2v) is 8.06. The van der Waals surface area contributed by atoms with Crippen LogP contribution in [0, 0.1) is 0 Å². The lowest BCUT2D eigenvalue weighted by molar-refractivity contribution is -0.159. The van der Waals surface area contributed by atoms with Crippen molar-refractivity contribution in [3.63, 3.8) is 0 Å². The van der Waals surface area contributed by atoms with E-state index in [2.05, 4.69) is 38.2 Å². The molecule has 31 heavy (non-hydrogen) atoms. The Kier molecular flexibility index (Phi) is 11.6. The number of halogens is 1. The Morgan fingerprint density at radius 3 is 2.19 bits per heavy atom. The Morgan fingerprint density at radius 1 is 0.968 bits per heavy atom. The molecule has 0 heterocycles. The van der Waals surface area contributed by atoms with E-state index in [1.54, 1.807) is 0 Å². The van der Waals surface area contributed by atoms with Gasteiger partial charge in [0.1, 0.15) is 12.4 Å². The van der Waals surface area contributed by atoms with Crippen LogP contribution in [0.5, 0.6) is 5.75 Å². The van der Waals surface area contributed by atoms with E-state index in [1.165, 1.54) is 5.56 Å². The molecule has 0 bridgehead atoms. The molecule has 0 unspecified atom stereocenters. The molecule has 0 aromatic heterocycles. The van der Waals surface area contributed by atoms with Crippen LogP contribution in [0.2, 0.25) is 5.02 Å². The van der Waals surface area contributed by atoms with Crippen LogP contribution in [0.3, 0.4) is 0 Å². The minimum atomic E-state index is -1.82. The molecular weight excluding hydrogens is 422 g/mol. The van der Waals surface area contributed by atoms with Gasteiger partial charge < -0.3 is 25.0 Å². The lowest BCUT2D eigenvalue weighted by atomic mass is 9.86. The number of carboxylic acid groups (broad SMARTS) is 2. The molecule has 7 nitrogen and oxygen atoms in total. The number of rotatable bonds is 9. The number of aliphatic carboxylic acids is 2. The second-order valence-electron chi connectivity index (χ2n) is 7.62. The average Bonchev–Trinajstić information content (AvgIpc) is 2.71. The number of carbonyl (C=O) groups is 2. The first-order valence-corrected chi connectivity index (χ1v) is 10.2. The zero-order valence-corrected chi connectivity index (χ0v) is 18.8. The molecule has 0 atom stereocenters. The van der Waals surface area contributed by atoms with Crippen molar-refractivity contribution < 1.29 is 29.3 Å². The SMILES string of the molecule is CC(C)(C)c1cc(Cl)ccc1OCCOCCNCc1ccccc1.O=C(O)C(=O)O. The van der Waals surface area contributed by atoms with Gasteiger partial charge in [0.25, 0.3) is 0 Å². The molecular formula is C23H30ClNO6. The third-order valence-corrected chi connectivity index (χ3v) is 4.25. The Bertz CT molecular complexity index is 809. The Labute approximate surface area is 188 Å². The summed E-state index contributed by atoms with van der Waals surface area (Å²) in [5.74, 6) is -2.77. The first-order chi connectivity index (χ1) is 14.6. The monoisotopic (exact) mass is 451 g/mol. The van der Waals surface area contributed by atoms with Crippen molar-refractivity contribution in [2.24, 2.45) is 0 Å². The van der Waals surface area contributed by atoms with Crippen LogP contribution in [0.15, 0.2) is 48.5 Å². The number of nitrogens with one attached hydrogen (secondary N) is 1. The number of benzene rings is 2. The highest BCUT2D eigenvalue weighted by molar-refractivity contribution is 6.30. The standard InChI is InChI=1S/C21H28ClNO2.C2H2O4/c1-21(2,3)19-15-18(22)9-10-20(19)25-14-13-24-12-11-23-16-17-7-5-4-6-8-17;3-1(4)2(5)6/h4-10,15,23H,11-14,16H2,1-3H3;(H,3,4)(H,5,6). The van der Waals surface area contributed by atoms with Gasteiger partial charge in [0.15, 0.2) is 0 Å². The van der Waals surface area contributed by atoms with Gasteiger partial charge in [0, 0.05) is 23.7 Å². The van der Waals surface area contributed by atoms with Crippen molar-refractivity contribution in [1.82, 2.24) is 5.32 Å². The molecule has 3 N–H and O–H groups in total. The minimum absolute atomic E-state index is 0.0115. The van der Waals surface area contributed by atoms with Gasteiger partial charge in [-0.3, -0.25) is 0 Å². The maximum absolute atomic E-state index is 9.10. The summed E-state index contributed by atoms with van der Waals surface area (Å²) >= 11 is 6.11. The van der Waals surface area contributed by atoms with Gasteiger partial charge in [-0.05, 0) is 29.2 Å². The highest BCUT2D eigenvalue weighted by Gasteiger charge is 2.19. The highest BCUT2D eigenvalue weighted by atomic mass is 35.5. The van der Waals surface area contributed by atoms with Gasteiger partial charge in [0.2, 0.25) is 0 Å². The maximum Gasteiger partial charge on any atom is 0.414 e. The predicted octanol–water partition coefficient (Wildman–Crippen LogP) is 3.98. The zero-order valence-electron chi connectivity index (χ0n) is 18.1. The second kappa shape index (κ2) is 13.6. The predicted molar refractivity (Wildman–Crippen MR) is 120 cm³/mol. The number of hydrogen-bond donors (Lipinski definition) is 3. The van der Waals surface area contributed by atoms with Crippen molar-refractivity contribution in [2.75, 3.05) is 26.4 Å². The summed E-state index contributed by atoms with van der Waals surface area (Å²) < 4.78 is 11.5. The summed E-state index contributed by atoms with van der Waals surface area (Å²) in [6, 6.07) is 16.1. The normalized spacial score (nSPS) is 10.7. The minimum Gasteiger partial charge on any atom is -0.491 e. The fourth-order valence-electron chi connectivity index (χ4n) is 2.50. The average molecular weight is 452 g/mol. The van der Waals surface area contributed by atoms with E-state index < -0.39 is 11.9 Å². The maximum atomic E-state index is 9.10. The van der Waals surface area contributed by atoms with E-state index >= 15 is 0 Å². The molecule has 2 rings (SSSR count). The molecule has 0 saturated heterocycles. The number of ether oxygens (including phenoxy) is 2. The molecule has 0 fully saturated rings. The van der Waals surface area contributed by atoms with Gasteiger partial charge in [0.05, 0.1) is 13.2 Å². The van der Waals surface area contributed by atoms with Crippen LogP contribution < -0.4 is 10.1 Å². The van der Waals surface area contributed by atoms with Gasteiger partial charge >= 0.3 is 11.9 Å².